The van der Waals surface area contributed by atoms with Crippen LogP contribution in [0.1, 0.15) is 43.6 Å². The van der Waals surface area contributed by atoms with Gasteiger partial charge in [0.2, 0.25) is 0 Å². The van der Waals surface area contributed by atoms with Crippen molar-refractivity contribution in [1.29, 1.82) is 0 Å². The Morgan fingerprint density at radius 1 is 1.12 bits per heavy atom. The summed E-state index contributed by atoms with van der Waals surface area (Å²) in [4.78, 5) is 38.0. The molecule has 1 N–H and O–H groups in total. The summed E-state index contributed by atoms with van der Waals surface area (Å²) in [6.07, 6.45) is -1.09. The molecule has 1 amide bonds. The van der Waals surface area contributed by atoms with Crippen molar-refractivity contribution in [2.24, 2.45) is 0 Å². The standard InChI is InChI=1S/C24H29N3O6/c1-16(22(28)25-19-8-6-18(7-9-19)24(2,3)4)33-23(29)17-5-10-20(21(15-17)27(30)31)26-11-13-32-14-12-26/h5-10,15-16H,11-14H2,1-4H3,(H,25,28). The third-order valence-electron chi connectivity index (χ3n) is 5.43. The SMILES string of the molecule is CC(OC(=O)c1ccc(N2CCOCC2)c([N+](=O)[O-])c1)C(=O)Nc1ccc(C(C)(C)C)cc1. The fraction of sp³-hybridized carbons (Fsp3) is 0.417. The summed E-state index contributed by atoms with van der Waals surface area (Å²) < 4.78 is 10.6. The number of hydrogen-bond acceptors (Lipinski definition) is 7. The molecule has 1 atom stereocenters. The van der Waals surface area contributed by atoms with Gasteiger partial charge in [0, 0.05) is 24.8 Å². The Hall–Kier alpha value is -3.46. The van der Waals surface area contributed by atoms with E-state index in [0.29, 0.717) is 37.7 Å². The predicted molar refractivity (Wildman–Crippen MR) is 125 cm³/mol. The van der Waals surface area contributed by atoms with Crippen LogP contribution in [0.25, 0.3) is 0 Å². The summed E-state index contributed by atoms with van der Waals surface area (Å²) >= 11 is 0. The molecule has 1 aliphatic rings. The second kappa shape index (κ2) is 9.99. The number of nitro groups is 1. The summed E-state index contributed by atoms with van der Waals surface area (Å²) in [6, 6.07) is 11.6. The second-order valence-electron chi connectivity index (χ2n) is 8.92. The number of nitrogens with one attached hydrogen (secondary N) is 1. The predicted octanol–water partition coefficient (Wildman–Crippen LogP) is 3.91. The minimum atomic E-state index is -1.09. The Kier molecular flexibility index (Phi) is 7.33. The highest BCUT2D eigenvalue weighted by Crippen LogP contribution is 2.30. The molecule has 2 aromatic rings. The van der Waals surface area contributed by atoms with Gasteiger partial charge in [0.15, 0.2) is 6.10 Å². The fourth-order valence-electron chi connectivity index (χ4n) is 3.45. The van der Waals surface area contributed by atoms with E-state index >= 15 is 0 Å². The van der Waals surface area contributed by atoms with E-state index in [9.17, 15) is 19.7 Å². The van der Waals surface area contributed by atoms with E-state index in [4.69, 9.17) is 9.47 Å². The van der Waals surface area contributed by atoms with Gasteiger partial charge >= 0.3 is 5.97 Å². The lowest BCUT2D eigenvalue weighted by Gasteiger charge is -2.28. The van der Waals surface area contributed by atoms with E-state index in [-0.39, 0.29) is 16.7 Å². The van der Waals surface area contributed by atoms with Gasteiger partial charge in [-0.3, -0.25) is 14.9 Å². The first-order chi connectivity index (χ1) is 15.6. The molecule has 1 fully saturated rings. The van der Waals surface area contributed by atoms with Crippen LogP contribution in [0.2, 0.25) is 0 Å². The number of anilines is 2. The lowest BCUT2D eigenvalue weighted by atomic mass is 9.87. The van der Waals surface area contributed by atoms with Gasteiger partial charge in [0.25, 0.3) is 11.6 Å². The number of benzene rings is 2. The first-order valence-corrected chi connectivity index (χ1v) is 10.8. The van der Waals surface area contributed by atoms with Crippen LogP contribution in [0.3, 0.4) is 0 Å². The van der Waals surface area contributed by atoms with Crippen LogP contribution in [0.5, 0.6) is 0 Å². The maximum atomic E-state index is 12.6. The largest absolute Gasteiger partial charge is 0.449 e. The monoisotopic (exact) mass is 455 g/mol. The zero-order chi connectivity index (χ0) is 24.2. The van der Waals surface area contributed by atoms with Crippen LogP contribution in [0.15, 0.2) is 42.5 Å². The van der Waals surface area contributed by atoms with Gasteiger partial charge in [-0.15, -0.1) is 0 Å². The molecule has 0 saturated carbocycles. The molecule has 1 saturated heterocycles. The highest BCUT2D eigenvalue weighted by molar-refractivity contribution is 5.97. The van der Waals surface area contributed by atoms with E-state index < -0.39 is 22.9 Å². The van der Waals surface area contributed by atoms with Gasteiger partial charge in [-0.05, 0) is 42.2 Å². The number of amides is 1. The zero-order valence-corrected chi connectivity index (χ0v) is 19.3. The van der Waals surface area contributed by atoms with Gasteiger partial charge in [-0.2, -0.15) is 0 Å². The third-order valence-corrected chi connectivity index (χ3v) is 5.43. The normalized spacial score (nSPS) is 15.0. The van der Waals surface area contributed by atoms with Gasteiger partial charge in [-0.25, -0.2) is 4.79 Å². The zero-order valence-electron chi connectivity index (χ0n) is 19.3. The van der Waals surface area contributed by atoms with E-state index in [1.807, 2.05) is 17.0 Å². The number of morpholine rings is 1. The van der Waals surface area contributed by atoms with Crippen LogP contribution in [-0.4, -0.2) is 49.2 Å². The minimum Gasteiger partial charge on any atom is -0.449 e. The molecule has 0 spiro atoms. The topological polar surface area (TPSA) is 111 Å². The second-order valence-corrected chi connectivity index (χ2v) is 8.92. The Labute approximate surface area is 192 Å². The van der Waals surface area contributed by atoms with Crippen molar-refractivity contribution in [3.8, 4) is 0 Å². The summed E-state index contributed by atoms with van der Waals surface area (Å²) in [7, 11) is 0. The summed E-state index contributed by atoms with van der Waals surface area (Å²) in [5, 5.41) is 14.3. The van der Waals surface area contributed by atoms with Gasteiger partial charge in [0.1, 0.15) is 5.69 Å². The molecule has 0 aromatic heterocycles. The maximum Gasteiger partial charge on any atom is 0.339 e. The van der Waals surface area contributed by atoms with Gasteiger partial charge in [0.05, 0.1) is 23.7 Å². The van der Waals surface area contributed by atoms with Crippen molar-refractivity contribution in [2.75, 3.05) is 36.5 Å². The van der Waals surface area contributed by atoms with E-state index in [2.05, 4.69) is 26.1 Å². The average molecular weight is 456 g/mol. The molecule has 9 nitrogen and oxygen atoms in total. The maximum absolute atomic E-state index is 12.6. The number of ether oxygens (including phenoxy) is 2. The van der Waals surface area contributed by atoms with Crippen molar-refractivity contribution in [3.05, 3.63) is 63.7 Å². The molecule has 9 heteroatoms. The molecular formula is C24H29N3O6. The number of rotatable bonds is 6. The lowest BCUT2D eigenvalue weighted by Crippen LogP contribution is -2.36. The molecule has 1 aliphatic heterocycles. The Morgan fingerprint density at radius 2 is 1.76 bits per heavy atom. The number of carbonyl (C=O) groups is 2. The van der Waals surface area contributed by atoms with Crippen molar-refractivity contribution in [1.82, 2.24) is 0 Å². The highest BCUT2D eigenvalue weighted by Gasteiger charge is 2.25. The number of nitrogens with zero attached hydrogens (tertiary/aromatic N) is 2. The minimum absolute atomic E-state index is 0.00731. The van der Waals surface area contributed by atoms with Gasteiger partial charge in [-0.1, -0.05) is 32.9 Å². The van der Waals surface area contributed by atoms with Gasteiger partial charge < -0.3 is 19.7 Å². The Balaban J connectivity index is 1.66. The molecule has 1 heterocycles. The molecule has 0 bridgehead atoms. The molecule has 33 heavy (non-hydrogen) atoms. The first-order valence-electron chi connectivity index (χ1n) is 10.8. The molecule has 1 unspecified atom stereocenters. The highest BCUT2D eigenvalue weighted by atomic mass is 16.6. The molecule has 2 aromatic carbocycles. The number of esters is 1. The molecular weight excluding hydrogens is 426 g/mol. The molecule has 176 valence electrons. The number of hydrogen-bond donors (Lipinski definition) is 1. The summed E-state index contributed by atoms with van der Waals surface area (Å²) in [5.41, 5.74) is 1.94. The van der Waals surface area contributed by atoms with Crippen molar-refractivity contribution >= 4 is 28.9 Å². The quantitative estimate of drug-likeness (QED) is 0.399. The van der Waals surface area contributed by atoms with E-state index in [1.54, 1.807) is 12.1 Å². The molecule has 0 aliphatic carbocycles. The number of carbonyl (C=O) groups excluding carboxylic acids is 2. The van der Waals surface area contributed by atoms with Crippen LogP contribution in [-0.2, 0) is 19.7 Å². The van der Waals surface area contributed by atoms with Crippen molar-refractivity contribution in [3.63, 3.8) is 0 Å². The summed E-state index contributed by atoms with van der Waals surface area (Å²) in [5.74, 6) is -1.30. The van der Waals surface area contributed by atoms with E-state index in [0.717, 1.165) is 5.56 Å². The smallest absolute Gasteiger partial charge is 0.339 e. The van der Waals surface area contributed by atoms with Crippen LogP contribution in [0.4, 0.5) is 17.1 Å². The van der Waals surface area contributed by atoms with Crippen molar-refractivity contribution < 1.29 is 24.0 Å². The Morgan fingerprint density at radius 3 is 2.33 bits per heavy atom. The summed E-state index contributed by atoms with van der Waals surface area (Å²) in [6.45, 7) is 9.75. The van der Waals surface area contributed by atoms with Crippen LogP contribution in [0, 0.1) is 10.1 Å². The first kappa shape index (κ1) is 24.2. The average Bonchev–Trinajstić information content (AvgIpc) is 2.78. The Bertz CT molecular complexity index is 1020. The lowest BCUT2D eigenvalue weighted by molar-refractivity contribution is -0.384. The third kappa shape index (κ3) is 6.07. The van der Waals surface area contributed by atoms with Crippen LogP contribution >= 0.6 is 0 Å². The number of nitro benzene ring substituents is 1. The van der Waals surface area contributed by atoms with E-state index in [1.165, 1.54) is 25.1 Å². The van der Waals surface area contributed by atoms with Crippen LogP contribution < -0.4 is 10.2 Å². The van der Waals surface area contributed by atoms with Crippen molar-refractivity contribution in [2.45, 2.75) is 39.2 Å². The molecule has 0 radical (unpaired) electrons. The molecule has 3 rings (SSSR count). The fourth-order valence-corrected chi connectivity index (χ4v) is 3.45.